The maximum atomic E-state index is 12.6. The molecule has 0 saturated carbocycles. The maximum absolute atomic E-state index is 12.6. The van der Waals surface area contributed by atoms with Gasteiger partial charge < -0.3 is 20.5 Å². The van der Waals surface area contributed by atoms with Gasteiger partial charge in [-0.2, -0.15) is 0 Å². The third-order valence-electron chi connectivity index (χ3n) is 4.17. The molecule has 0 unspecified atom stereocenters. The van der Waals surface area contributed by atoms with Crippen molar-refractivity contribution in [2.75, 3.05) is 12.4 Å². The summed E-state index contributed by atoms with van der Waals surface area (Å²) < 4.78 is 5.32. The number of aromatic hydroxyl groups is 1. The maximum Gasteiger partial charge on any atom is 0.265 e. The summed E-state index contributed by atoms with van der Waals surface area (Å²) in [6.07, 6.45) is -0.366. The Bertz CT molecular complexity index is 966. The van der Waals surface area contributed by atoms with Crippen LogP contribution in [0, 0.1) is 6.92 Å². The summed E-state index contributed by atoms with van der Waals surface area (Å²) >= 11 is 1.38. The number of ether oxygens (including phenoxy) is 1. The molecule has 0 bridgehead atoms. The molecule has 0 saturated heterocycles. The lowest BCUT2D eigenvalue weighted by Crippen LogP contribution is -2.37. The van der Waals surface area contributed by atoms with Gasteiger partial charge in [-0.15, -0.1) is 11.3 Å². The zero-order chi connectivity index (χ0) is 17.6. The fourth-order valence-corrected chi connectivity index (χ4v) is 4.22. The first-order chi connectivity index (χ1) is 12.1. The van der Waals surface area contributed by atoms with Gasteiger partial charge in [-0.25, -0.2) is 4.98 Å². The highest BCUT2D eigenvalue weighted by Crippen LogP contribution is 2.41. The molecule has 25 heavy (non-hydrogen) atoms. The second-order valence-electron chi connectivity index (χ2n) is 5.98. The Morgan fingerprint density at radius 3 is 2.76 bits per heavy atom. The number of hydrogen-bond donors (Lipinski definition) is 3. The molecular formula is C18H17N3O3S. The summed E-state index contributed by atoms with van der Waals surface area (Å²) in [6, 6.07) is 8.76. The van der Waals surface area contributed by atoms with Crippen LogP contribution in [-0.2, 0) is 11.3 Å². The number of aromatic nitrogens is 1. The monoisotopic (exact) mass is 355 g/mol. The molecule has 1 aromatic carbocycles. The van der Waals surface area contributed by atoms with E-state index in [1.165, 1.54) is 11.3 Å². The number of aryl methyl sites for hydroxylation is 1. The average molecular weight is 355 g/mol. The Kier molecular flexibility index (Phi) is 3.82. The average Bonchev–Trinajstić information content (AvgIpc) is 2.94. The minimum atomic E-state index is -0.366. The van der Waals surface area contributed by atoms with Crippen LogP contribution in [0.5, 0.6) is 5.75 Å². The van der Waals surface area contributed by atoms with E-state index in [-0.39, 0.29) is 17.8 Å². The molecule has 3 N–H and O–H groups in total. The van der Waals surface area contributed by atoms with E-state index < -0.39 is 0 Å². The smallest absolute Gasteiger partial charge is 0.265 e. The third kappa shape index (κ3) is 2.71. The van der Waals surface area contributed by atoms with E-state index in [1.54, 1.807) is 31.4 Å². The van der Waals surface area contributed by atoms with Crippen LogP contribution in [0.1, 0.15) is 32.7 Å². The standard InChI is InChI=1S/C18H17N3O3S/c1-9-7-11(8-24-2)13-14-15(25-18(13)19-9)17(23)21-16(20-14)10-3-5-12(22)6-4-10/h3-7,16,20,22H,8H2,1-2H3,(H,21,23)/t16-/m1/s1. The minimum absolute atomic E-state index is 0.129. The number of phenolic OH excluding ortho intramolecular Hbond substituents is 1. The van der Waals surface area contributed by atoms with Gasteiger partial charge in [0, 0.05) is 18.2 Å². The molecular weight excluding hydrogens is 338 g/mol. The molecule has 128 valence electrons. The molecule has 0 radical (unpaired) electrons. The van der Waals surface area contributed by atoms with Crippen LogP contribution in [0.15, 0.2) is 30.3 Å². The summed E-state index contributed by atoms with van der Waals surface area (Å²) in [6.45, 7) is 2.39. The highest BCUT2D eigenvalue weighted by Gasteiger charge is 2.30. The highest BCUT2D eigenvalue weighted by atomic mass is 32.1. The van der Waals surface area contributed by atoms with Crippen molar-refractivity contribution in [3.63, 3.8) is 0 Å². The van der Waals surface area contributed by atoms with Crippen LogP contribution in [0.4, 0.5) is 5.69 Å². The molecule has 1 atom stereocenters. The number of rotatable bonds is 3. The molecule has 1 aliphatic heterocycles. The van der Waals surface area contributed by atoms with Gasteiger partial charge in [0.2, 0.25) is 0 Å². The van der Waals surface area contributed by atoms with Gasteiger partial charge in [0.05, 0.1) is 12.3 Å². The van der Waals surface area contributed by atoms with Crippen LogP contribution in [-0.4, -0.2) is 23.1 Å². The Labute approximate surface area is 148 Å². The first-order valence-corrected chi connectivity index (χ1v) is 8.66. The molecule has 4 rings (SSSR count). The second-order valence-corrected chi connectivity index (χ2v) is 6.98. The summed E-state index contributed by atoms with van der Waals surface area (Å²) in [7, 11) is 1.65. The van der Waals surface area contributed by atoms with Crippen molar-refractivity contribution >= 4 is 33.1 Å². The van der Waals surface area contributed by atoms with E-state index in [1.807, 2.05) is 13.0 Å². The van der Waals surface area contributed by atoms with Crippen molar-refractivity contribution < 1.29 is 14.6 Å². The molecule has 3 aromatic rings. The highest BCUT2D eigenvalue weighted by molar-refractivity contribution is 7.21. The Morgan fingerprint density at radius 1 is 1.28 bits per heavy atom. The van der Waals surface area contributed by atoms with Gasteiger partial charge in [0.15, 0.2) is 0 Å². The van der Waals surface area contributed by atoms with Crippen molar-refractivity contribution in [1.29, 1.82) is 0 Å². The van der Waals surface area contributed by atoms with E-state index >= 15 is 0 Å². The van der Waals surface area contributed by atoms with Crippen molar-refractivity contribution in [3.05, 3.63) is 52.0 Å². The van der Waals surface area contributed by atoms with Crippen molar-refractivity contribution in [2.24, 2.45) is 0 Å². The SMILES string of the molecule is COCc1cc(C)nc2sc3c(c12)N[C@@H](c1ccc(O)cc1)NC3=O. The molecule has 0 aliphatic carbocycles. The normalized spacial score (nSPS) is 16.4. The number of amides is 1. The van der Waals surface area contributed by atoms with Crippen molar-refractivity contribution in [3.8, 4) is 5.75 Å². The number of fused-ring (bicyclic) bond motifs is 3. The Balaban J connectivity index is 1.84. The lowest BCUT2D eigenvalue weighted by atomic mass is 10.1. The number of methoxy groups -OCH3 is 1. The van der Waals surface area contributed by atoms with Gasteiger partial charge >= 0.3 is 0 Å². The van der Waals surface area contributed by atoms with Crippen LogP contribution >= 0.6 is 11.3 Å². The number of hydrogen-bond acceptors (Lipinski definition) is 6. The third-order valence-corrected chi connectivity index (χ3v) is 5.25. The zero-order valence-electron chi connectivity index (χ0n) is 13.8. The summed E-state index contributed by atoms with van der Waals surface area (Å²) in [5, 5.41) is 16.8. The van der Waals surface area contributed by atoms with Crippen LogP contribution < -0.4 is 10.6 Å². The van der Waals surface area contributed by atoms with Crippen LogP contribution in [0.2, 0.25) is 0 Å². The summed E-state index contributed by atoms with van der Waals surface area (Å²) in [5.74, 6) is 0.0606. The van der Waals surface area contributed by atoms with Gasteiger partial charge in [-0.3, -0.25) is 4.79 Å². The molecule has 6 nitrogen and oxygen atoms in total. The Hall–Kier alpha value is -2.64. The van der Waals surface area contributed by atoms with Gasteiger partial charge in [0.1, 0.15) is 21.6 Å². The second kappa shape index (κ2) is 6.02. The van der Waals surface area contributed by atoms with Crippen LogP contribution in [0.3, 0.4) is 0 Å². The molecule has 7 heteroatoms. The largest absolute Gasteiger partial charge is 0.508 e. The lowest BCUT2D eigenvalue weighted by molar-refractivity contribution is 0.0940. The number of carbonyl (C=O) groups is 1. The summed E-state index contributed by atoms with van der Waals surface area (Å²) in [4.78, 5) is 18.6. The number of carbonyl (C=O) groups excluding carboxylic acids is 1. The molecule has 1 amide bonds. The zero-order valence-corrected chi connectivity index (χ0v) is 14.6. The number of benzene rings is 1. The molecule has 1 aliphatic rings. The fraction of sp³-hybridized carbons (Fsp3) is 0.222. The van der Waals surface area contributed by atoms with E-state index in [2.05, 4.69) is 15.6 Å². The summed E-state index contributed by atoms with van der Waals surface area (Å²) in [5.41, 5.74) is 3.56. The Morgan fingerprint density at radius 2 is 2.04 bits per heavy atom. The number of nitrogens with one attached hydrogen (secondary N) is 2. The van der Waals surface area contributed by atoms with Crippen LogP contribution in [0.25, 0.3) is 10.2 Å². The van der Waals surface area contributed by atoms with E-state index in [4.69, 9.17) is 4.74 Å². The van der Waals surface area contributed by atoms with E-state index in [0.717, 1.165) is 32.7 Å². The van der Waals surface area contributed by atoms with Gasteiger partial charge in [-0.1, -0.05) is 12.1 Å². The number of thiophene rings is 1. The molecule has 3 heterocycles. The van der Waals surface area contributed by atoms with Gasteiger partial charge in [-0.05, 0) is 36.2 Å². The topological polar surface area (TPSA) is 83.5 Å². The lowest BCUT2D eigenvalue weighted by Gasteiger charge is -2.26. The first-order valence-electron chi connectivity index (χ1n) is 7.85. The van der Waals surface area contributed by atoms with E-state index in [0.29, 0.717) is 11.5 Å². The number of pyridine rings is 1. The van der Waals surface area contributed by atoms with Crippen molar-refractivity contribution in [1.82, 2.24) is 10.3 Å². The first kappa shape index (κ1) is 15.9. The number of anilines is 1. The van der Waals surface area contributed by atoms with Crippen molar-refractivity contribution in [2.45, 2.75) is 19.7 Å². The molecule has 0 fully saturated rings. The van der Waals surface area contributed by atoms with E-state index in [9.17, 15) is 9.90 Å². The minimum Gasteiger partial charge on any atom is -0.508 e. The number of phenols is 1. The fourth-order valence-electron chi connectivity index (χ4n) is 3.09. The predicted molar refractivity (Wildman–Crippen MR) is 97.0 cm³/mol. The molecule has 0 spiro atoms. The predicted octanol–water partition coefficient (Wildman–Crippen LogP) is 3.31. The quantitative estimate of drug-likeness (QED) is 0.671. The van der Waals surface area contributed by atoms with Gasteiger partial charge in [0.25, 0.3) is 5.91 Å². The molecule has 2 aromatic heterocycles. The number of nitrogens with zero attached hydrogens (tertiary/aromatic N) is 1.